The number of rotatable bonds is 3. The average Bonchev–Trinajstić information content (AvgIpc) is 3.00. The molecule has 1 aliphatic carbocycles. The Labute approximate surface area is 88.9 Å². The molecule has 0 N–H and O–H groups in total. The van der Waals surface area contributed by atoms with Crippen molar-refractivity contribution in [3.63, 3.8) is 0 Å². The Morgan fingerprint density at radius 2 is 1.93 bits per heavy atom. The van der Waals surface area contributed by atoms with Gasteiger partial charge in [-0.15, -0.1) is 0 Å². The Balaban J connectivity index is 1.93. The van der Waals surface area contributed by atoms with Crippen LogP contribution in [-0.4, -0.2) is 24.0 Å². The second-order valence-electron chi connectivity index (χ2n) is 5.59. The lowest BCUT2D eigenvalue weighted by molar-refractivity contribution is 0.0812. The van der Waals surface area contributed by atoms with E-state index in [1.807, 2.05) is 0 Å². The molecule has 82 valence electrons. The second kappa shape index (κ2) is 4.22. The summed E-state index contributed by atoms with van der Waals surface area (Å²) in [6.07, 6.45) is 5.79. The maximum absolute atomic E-state index is 2.76. The van der Waals surface area contributed by atoms with E-state index in [9.17, 15) is 0 Å². The van der Waals surface area contributed by atoms with Gasteiger partial charge in [0.25, 0.3) is 0 Å². The van der Waals surface area contributed by atoms with Crippen molar-refractivity contribution in [3.05, 3.63) is 0 Å². The highest BCUT2D eigenvalue weighted by molar-refractivity contribution is 4.90. The molecular weight excluding hydrogens is 170 g/mol. The Kier molecular flexibility index (Phi) is 3.16. The zero-order chi connectivity index (χ0) is 10.1. The van der Waals surface area contributed by atoms with Gasteiger partial charge in [-0.05, 0) is 43.6 Å². The molecule has 1 heterocycles. The van der Waals surface area contributed by atoms with E-state index in [2.05, 4.69) is 25.7 Å². The molecule has 0 unspecified atom stereocenters. The molecule has 0 spiro atoms. The molecule has 0 bridgehead atoms. The summed E-state index contributed by atoms with van der Waals surface area (Å²) < 4.78 is 0. The maximum Gasteiger partial charge on any atom is 0.00965 e. The highest BCUT2D eigenvalue weighted by Gasteiger charge is 2.36. The zero-order valence-electron chi connectivity index (χ0n) is 10.00. The summed E-state index contributed by atoms with van der Waals surface area (Å²) in [5, 5.41) is 0. The SMILES string of the molecule is CC[C@@H]1CCN(C2CC2)C[C@H]1C(C)C. The van der Waals surface area contributed by atoms with Gasteiger partial charge >= 0.3 is 0 Å². The van der Waals surface area contributed by atoms with Crippen LogP contribution in [0.1, 0.15) is 46.5 Å². The maximum atomic E-state index is 2.76. The van der Waals surface area contributed by atoms with Gasteiger partial charge in [0.15, 0.2) is 0 Å². The van der Waals surface area contributed by atoms with Crippen molar-refractivity contribution in [1.29, 1.82) is 0 Å². The standard InChI is InChI=1S/C13H25N/c1-4-11-7-8-14(12-5-6-12)9-13(11)10(2)3/h10-13H,4-9H2,1-3H3/t11-,13+/m1/s1. The third-order valence-corrected chi connectivity index (χ3v) is 4.28. The number of piperidine rings is 1. The zero-order valence-corrected chi connectivity index (χ0v) is 10.00. The van der Waals surface area contributed by atoms with Gasteiger partial charge in [0, 0.05) is 12.6 Å². The first-order chi connectivity index (χ1) is 6.72. The fourth-order valence-corrected chi connectivity index (χ4v) is 3.09. The fourth-order valence-electron chi connectivity index (χ4n) is 3.09. The van der Waals surface area contributed by atoms with E-state index >= 15 is 0 Å². The van der Waals surface area contributed by atoms with E-state index in [0.717, 1.165) is 23.8 Å². The van der Waals surface area contributed by atoms with Crippen LogP contribution >= 0.6 is 0 Å². The van der Waals surface area contributed by atoms with Crippen molar-refractivity contribution in [1.82, 2.24) is 4.90 Å². The van der Waals surface area contributed by atoms with E-state index < -0.39 is 0 Å². The highest BCUT2D eigenvalue weighted by Crippen LogP contribution is 2.37. The normalized spacial score (nSPS) is 35.1. The molecule has 1 heteroatoms. The van der Waals surface area contributed by atoms with Gasteiger partial charge in [0.05, 0.1) is 0 Å². The minimum Gasteiger partial charge on any atom is -0.300 e. The van der Waals surface area contributed by atoms with E-state index in [1.54, 1.807) is 0 Å². The van der Waals surface area contributed by atoms with Gasteiger partial charge in [0.2, 0.25) is 0 Å². The molecule has 2 fully saturated rings. The quantitative estimate of drug-likeness (QED) is 0.668. The average molecular weight is 195 g/mol. The Morgan fingerprint density at radius 1 is 1.21 bits per heavy atom. The third-order valence-electron chi connectivity index (χ3n) is 4.28. The summed E-state index contributed by atoms with van der Waals surface area (Å²) in [6.45, 7) is 9.95. The lowest BCUT2D eigenvalue weighted by Gasteiger charge is -2.40. The molecule has 1 saturated carbocycles. The minimum atomic E-state index is 0.876. The monoisotopic (exact) mass is 195 g/mol. The molecular formula is C13H25N. The van der Waals surface area contributed by atoms with Crippen molar-refractivity contribution >= 4 is 0 Å². The van der Waals surface area contributed by atoms with Gasteiger partial charge in [-0.3, -0.25) is 0 Å². The Bertz CT molecular complexity index is 184. The first-order valence-corrected chi connectivity index (χ1v) is 6.46. The van der Waals surface area contributed by atoms with Crippen LogP contribution in [0.5, 0.6) is 0 Å². The largest absolute Gasteiger partial charge is 0.300 e. The van der Waals surface area contributed by atoms with Gasteiger partial charge in [-0.1, -0.05) is 27.2 Å². The lowest BCUT2D eigenvalue weighted by Crippen LogP contribution is -2.43. The van der Waals surface area contributed by atoms with Crippen molar-refractivity contribution in [2.24, 2.45) is 17.8 Å². The molecule has 2 rings (SSSR count). The summed E-state index contributed by atoms with van der Waals surface area (Å²) >= 11 is 0. The molecule has 0 aromatic heterocycles. The fraction of sp³-hybridized carbons (Fsp3) is 1.00. The van der Waals surface area contributed by atoms with Crippen LogP contribution in [0.15, 0.2) is 0 Å². The molecule has 0 amide bonds. The van der Waals surface area contributed by atoms with Gasteiger partial charge < -0.3 is 4.90 Å². The molecule has 14 heavy (non-hydrogen) atoms. The molecule has 1 nitrogen and oxygen atoms in total. The van der Waals surface area contributed by atoms with E-state index in [4.69, 9.17) is 0 Å². The van der Waals surface area contributed by atoms with Crippen molar-refractivity contribution in [2.45, 2.75) is 52.5 Å². The van der Waals surface area contributed by atoms with Crippen LogP contribution in [0.3, 0.4) is 0 Å². The highest BCUT2D eigenvalue weighted by atomic mass is 15.2. The smallest absolute Gasteiger partial charge is 0.00965 e. The van der Waals surface area contributed by atoms with Crippen LogP contribution < -0.4 is 0 Å². The van der Waals surface area contributed by atoms with Gasteiger partial charge in [-0.2, -0.15) is 0 Å². The molecule has 2 atom stereocenters. The molecule has 0 aromatic carbocycles. The lowest BCUT2D eigenvalue weighted by atomic mass is 9.77. The summed E-state index contributed by atoms with van der Waals surface area (Å²) in [6, 6.07) is 0.981. The van der Waals surface area contributed by atoms with E-state index in [0.29, 0.717) is 0 Å². The first-order valence-electron chi connectivity index (χ1n) is 6.46. The summed E-state index contributed by atoms with van der Waals surface area (Å²) in [5.74, 6) is 2.85. The van der Waals surface area contributed by atoms with Crippen molar-refractivity contribution < 1.29 is 0 Å². The molecule has 1 saturated heterocycles. The minimum absolute atomic E-state index is 0.876. The first kappa shape index (κ1) is 10.5. The van der Waals surface area contributed by atoms with Crippen LogP contribution in [0.2, 0.25) is 0 Å². The summed E-state index contributed by atoms with van der Waals surface area (Å²) in [4.78, 5) is 2.76. The number of hydrogen-bond acceptors (Lipinski definition) is 1. The van der Waals surface area contributed by atoms with Gasteiger partial charge in [0.1, 0.15) is 0 Å². The molecule has 2 aliphatic rings. The number of likely N-dealkylation sites (tertiary alicyclic amines) is 1. The predicted molar refractivity (Wildman–Crippen MR) is 61.3 cm³/mol. The van der Waals surface area contributed by atoms with Crippen LogP contribution in [-0.2, 0) is 0 Å². The molecule has 1 aliphatic heterocycles. The summed E-state index contributed by atoms with van der Waals surface area (Å²) in [7, 11) is 0. The molecule has 0 radical (unpaired) electrons. The van der Waals surface area contributed by atoms with Crippen LogP contribution in [0.4, 0.5) is 0 Å². The third kappa shape index (κ3) is 2.13. The Hall–Kier alpha value is -0.0400. The van der Waals surface area contributed by atoms with E-state index in [-0.39, 0.29) is 0 Å². The van der Waals surface area contributed by atoms with Gasteiger partial charge in [-0.25, -0.2) is 0 Å². The second-order valence-corrected chi connectivity index (χ2v) is 5.59. The molecule has 0 aromatic rings. The predicted octanol–water partition coefficient (Wildman–Crippen LogP) is 3.15. The number of hydrogen-bond donors (Lipinski definition) is 0. The summed E-state index contributed by atoms with van der Waals surface area (Å²) in [5.41, 5.74) is 0. The Morgan fingerprint density at radius 3 is 2.43 bits per heavy atom. The van der Waals surface area contributed by atoms with Crippen LogP contribution in [0, 0.1) is 17.8 Å². The van der Waals surface area contributed by atoms with E-state index in [1.165, 1.54) is 38.8 Å². The topological polar surface area (TPSA) is 3.24 Å². The van der Waals surface area contributed by atoms with Crippen molar-refractivity contribution in [2.75, 3.05) is 13.1 Å². The van der Waals surface area contributed by atoms with Crippen LogP contribution in [0.25, 0.3) is 0 Å². The number of nitrogens with zero attached hydrogens (tertiary/aromatic N) is 1. The van der Waals surface area contributed by atoms with Crippen molar-refractivity contribution in [3.8, 4) is 0 Å².